The highest BCUT2D eigenvalue weighted by atomic mass is 19.1. The van der Waals surface area contributed by atoms with E-state index in [2.05, 4.69) is 5.32 Å². The highest BCUT2D eigenvalue weighted by molar-refractivity contribution is 6.04. The Morgan fingerprint density at radius 3 is 2.69 bits per heavy atom. The minimum atomic E-state index is -0.560. The Kier molecular flexibility index (Phi) is 4.13. The number of aliphatic hydroxyl groups excluding tert-OH is 1. The van der Waals surface area contributed by atoms with Gasteiger partial charge < -0.3 is 10.4 Å². The lowest BCUT2D eigenvalue weighted by Gasteiger charge is -2.08. The second kappa shape index (κ2) is 5.37. The predicted molar refractivity (Wildman–Crippen MR) is 56.7 cm³/mol. The molecule has 1 aromatic rings. The molecule has 0 aliphatic rings. The van der Waals surface area contributed by atoms with Gasteiger partial charge in [0, 0.05) is 18.9 Å². The topological polar surface area (TPSA) is 66.4 Å². The minimum Gasteiger partial charge on any atom is -0.396 e. The van der Waals surface area contributed by atoms with E-state index in [0.29, 0.717) is 0 Å². The van der Waals surface area contributed by atoms with Crippen LogP contribution >= 0.6 is 0 Å². The van der Waals surface area contributed by atoms with E-state index in [0.717, 1.165) is 12.1 Å². The number of hydrogen-bond donors (Lipinski definition) is 2. The largest absolute Gasteiger partial charge is 0.396 e. The van der Waals surface area contributed by atoms with Gasteiger partial charge in [-0.1, -0.05) is 0 Å². The van der Waals surface area contributed by atoms with Crippen molar-refractivity contribution in [2.75, 3.05) is 11.9 Å². The van der Waals surface area contributed by atoms with Crippen molar-refractivity contribution in [3.8, 4) is 0 Å². The molecule has 1 rings (SSSR count). The van der Waals surface area contributed by atoms with E-state index in [-0.39, 0.29) is 30.2 Å². The van der Waals surface area contributed by atoms with E-state index in [4.69, 9.17) is 5.11 Å². The normalized spacial score (nSPS) is 9.94. The Morgan fingerprint density at radius 2 is 2.12 bits per heavy atom. The highest BCUT2D eigenvalue weighted by Crippen LogP contribution is 2.18. The summed E-state index contributed by atoms with van der Waals surface area (Å²) in [5.41, 5.74) is 0.330. The van der Waals surface area contributed by atoms with Crippen molar-refractivity contribution < 1.29 is 19.1 Å². The van der Waals surface area contributed by atoms with Crippen molar-refractivity contribution in [3.05, 3.63) is 29.6 Å². The first-order chi connectivity index (χ1) is 7.54. The van der Waals surface area contributed by atoms with E-state index in [1.807, 2.05) is 0 Å². The molecule has 16 heavy (non-hydrogen) atoms. The van der Waals surface area contributed by atoms with Gasteiger partial charge in [0.05, 0.1) is 12.3 Å². The molecule has 0 aliphatic carbocycles. The maximum absolute atomic E-state index is 13.0. The van der Waals surface area contributed by atoms with Gasteiger partial charge in [0.15, 0.2) is 5.78 Å². The maximum atomic E-state index is 13.0. The van der Waals surface area contributed by atoms with Gasteiger partial charge in [-0.05, 0) is 18.2 Å². The van der Waals surface area contributed by atoms with Crippen LogP contribution in [0.15, 0.2) is 18.2 Å². The van der Waals surface area contributed by atoms with E-state index < -0.39 is 11.6 Å². The number of aliphatic hydroxyl groups is 1. The number of ketones is 1. The van der Waals surface area contributed by atoms with Crippen molar-refractivity contribution in [1.82, 2.24) is 0 Å². The average Bonchev–Trinajstić information content (AvgIpc) is 2.20. The van der Waals surface area contributed by atoms with Crippen LogP contribution in [0.2, 0.25) is 0 Å². The standard InChI is InChI=1S/C11H12FNO3/c1-7(15)13-10-3-2-8(12)6-9(10)11(16)4-5-14/h2-3,6,14H,4-5H2,1H3,(H,13,15). The van der Waals surface area contributed by atoms with Gasteiger partial charge in [-0.2, -0.15) is 0 Å². The Bertz CT molecular complexity index is 418. The number of nitrogens with one attached hydrogen (secondary N) is 1. The summed E-state index contributed by atoms with van der Waals surface area (Å²) in [6.45, 7) is 0.985. The molecular weight excluding hydrogens is 213 g/mol. The summed E-state index contributed by atoms with van der Waals surface area (Å²) in [5, 5.41) is 11.1. The SMILES string of the molecule is CC(=O)Nc1ccc(F)cc1C(=O)CCO. The third kappa shape index (κ3) is 3.13. The second-order valence-corrected chi connectivity index (χ2v) is 3.27. The van der Waals surface area contributed by atoms with Gasteiger partial charge in [-0.15, -0.1) is 0 Å². The fourth-order valence-electron chi connectivity index (χ4n) is 1.28. The summed E-state index contributed by atoms with van der Waals surface area (Å²) < 4.78 is 13.0. The summed E-state index contributed by atoms with van der Waals surface area (Å²) in [5.74, 6) is -1.31. The molecule has 0 aliphatic heterocycles. The molecule has 86 valence electrons. The Hall–Kier alpha value is -1.75. The van der Waals surface area contributed by atoms with E-state index in [1.54, 1.807) is 0 Å². The van der Waals surface area contributed by atoms with Gasteiger partial charge in [0.25, 0.3) is 0 Å². The van der Waals surface area contributed by atoms with Gasteiger partial charge in [0.1, 0.15) is 5.82 Å². The monoisotopic (exact) mass is 225 g/mol. The van der Waals surface area contributed by atoms with Crippen LogP contribution in [0.5, 0.6) is 0 Å². The van der Waals surface area contributed by atoms with Crippen molar-refractivity contribution in [3.63, 3.8) is 0 Å². The molecule has 0 unspecified atom stereocenters. The smallest absolute Gasteiger partial charge is 0.221 e. The molecule has 0 bridgehead atoms. The molecule has 0 saturated carbocycles. The Balaban J connectivity index is 3.07. The highest BCUT2D eigenvalue weighted by Gasteiger charge is 2.12. The lowest BCUT2D eigenvalue weighted by molar-refractivity contribution is -0.114. The summed E-state index contributed by atoms with van der Waals surface area (Å²) in [4.78, 5) is 22.4. The molecule has 0 fully saturated rings. The number of benzene rings is 1. The molecule has 4 nitrogen and oxygen atoms in total. The molecule has 0 atom stereocenters. The average molecular weight is 225 g/mol. The lowest BCUT2D eigenvalue weighted by Crippen LogP contribution is -2.12. The predicted octanol–water partition coefficient (Wildman–Crippen LogP) is 1.35. The third-order valence-corrected chi connectivity index (χ3v) is 1.93. The minimum absolute atomic E-state index is 0.0734. The summed E-state index contributed by atoms with van der Waals surface area (Å²) >= 11 is 0. The summed E-state index contributed by atoms with van der Waals surface area (Å²) in [6, 6.07) is 3.52. The summed E-state index contributed by atoms with van der Waals surface area (Å²) in [7, 11) is 0. The molecule has 0 saturated heterocycles. The van der Waals surface area contributed by atoms with E-state index in [9.17, 15) is 14.0 Å². The van der Waals surface area contributed by atoms with Crippen LogP contribution in [0, 0.1) is 5.82 Å². The summed E-state index contributed by atoms with van der Waals surface area (Å²) in [6.07, 6.45) is -0.101. The van der Waals surface area contributed by atoms with Crippen LogP contribution in [-0.2, 0) is 4.79 Å². The van der Waals surface area contributed by atoms with Crippen LogP contribution in [-0.4, -0.2) is 23.4 Å². The van der Waals surface area contributed by atoms with Crippen molar-refractivity contribution in [1.29, 1.82) is 0 Å². The first-order valence-corrected chi connectivity index (χ1v) is 4.76. The first kappa shape index (κ1) is 12.3. The number of halogens is 1. The van der Waals surface area contributed by atoms with E-state index in [1.165, 1.54) is 13.0 Å². The molecule has 0 heterocycles. The van der Waals surface area contributed by atoms with Gasteiger partial charge >= 0.3 is 0 Å². The van der Waals surface area contributed by atoms with E-state index >= 15 is 0 Å². The van der Waals surface area contributed by atoms with Crippen LogP contribution in [0.1, 0.15) is 23.7 Å². The second-order valence-electron chi connectivity index (χ2n) is 3.27. The zero-order valence-electron chi connectivity index (χ0n) is 8.79. The zero-order valence-corrected chi connectivity index (χ0v) is 8.79. The number of amides is 1. The van der Waals surface area contributed by atoms with Crippen LogP contribution in [0.4, 0.5) is 10.1 Å². The molecule has 0 radical (unpaired) electrons. The molecule has 0 aromatic heterocycles. The number of anilines is 1. The van der Waals surface area contributed by atoms with Gasteiger partial charge in [-0.3, -0.25) is 9.59 Å². The van der Waals surface area contributed by atoms with Crippen molar-refractivity contribution >= 4 is 17.4 Å². The number of Topliss-reactive ketones (excluding diaryl/α,β-unsaturated/α-hetero) is 1. The van der Waals surface area contributed by atoms with Crippen LogP contribution in [0.25, 0.3) is 0 Å². The Labute approximate surface area is 92.1 Å². The van der Waals surface area contributed by atoms with Crippen molar-refractivity contribution in [2.24, 2.45) is 0 Å². The van der Waals surface area contributed by atoms with Crippen molar-refractivity contribution in [2.45, 2.75) is 13.3 Å². The number of carbonyl (C=O) groups is 2. The molecule has 5 heteroatoms. The fourth-order valence-corrected chi connectivity index (χ4v) is 1.28. The van der Waals surface area contributed by atoms with Gasteiger partial charge in [-0.25, -0.2) is 4.39 Å². The number of carbonyl (C=O) groups excluding carboxylic acids is 2. The first-order valence-electron chi connectivity index (χ1n) is 4.76. The van der Waals surface area contributed by atoms with Gasteiger partial charge in [0.2, 0.25) is 5.91 Å². The molecule has 2 N–H and O–H groups in total. The van der Waals surface area contributed by atoms with Crippen LogP contribution < -0.4 is 5.32 Å². The molecule has 1 amide bonds. The molecule has 1 aromatic carbocycles. The number of hydrogen-bond acceptors (Lipinski definition) is 3. The molecule has 0 spiro atoms. The molecular formula is C11H12FNO3. The van der Waals surface area contributed by atoms with Crippen LogP contribution in [0.3, 0.4) is 0 Å². The quantitative estimate of drug-likeness (QED) is 0.760. The Morgan fingerprint density at radius 1 is 1.44 bits per heavy atom. The zero-order chi connectivity index (χ0) is 12.1. The fraction of sp³-hybridized carbons (Fsp3) is 0.273. The lowest BCUT2D eigenvalue weighted by atomic mass is 10.1. The third-order valence-electron chi connectivity index (χ3n) is 1.93. The maximum Gasteiger partial charge on any atom is 0.221 e. The number of rotatable bonds is 4.